The third-order valence-corrected chi connectivity index (χ3v) is 4.53. The number of rotatable bonds is 4. The summed E-state index contributed by atoms with van der Waals surface area (Å²) in [6.45, 7) is 2.22. The van der Waals surface area contributed by atoms with Gasteiger partial charge in [0.2, 0.25) is 0 Å². The summed E-state index contributed by atoms with van der Waals surface area (Å²) in [7, 11) is 3.32. The highest BCUT2D eigenvalue weighted by Gasteiger charge is 2.40. The number of methoxy groups -OCH3 is 2. The van der Waals surface area contributed by atoms with Crippen LogP contribution in [0.4, 0.5) is 0 Å². The van der Waals surface area contributed by atoms with E-state index in [0.29, 0.717) is 11.8 Å². The summed E-state index contributed by atoms with van der Waals surface area (Å²) in [5, 5.41) is 0.00181. The molecule has 0 aromatic heterocycles. The second-order valence-electron chi connectivity index (χ2n) is 4.51. The van der Waals surface area contributed by atoms with Crippen molar-refractivity contribution in [3.8, 4) is 11.5 Å². The average molecular weight is 320 g/mol. The predicted molar refractivity (Wildman–Crippen MR) is 73.1 cm³/mol. The van der Waals surface area contributed by atoms with Crippen LogP contribution in [0.1, 0.15) is 24.3 Å². The highest BCUT2D eigenvalue weighted by atomic mass is 79.9. The van der Waals surface area contributed by atoms with Crippen LogP contribution in [0.15, 0.2) is 16.6 Å². The number of alkyl halides is 1. The maximum atomic E-state index is 6.51. The molecule has 3 unspecified atom stereocenters. The molecule has 0 aliphatic heterocycles. The van der Waals surface area contributed by atoms with E-state index in [-0.39, 0.29) is 5.38 Å². The second kappa shape index (κ2) is 5.07. The van der Waals surface area contributed by atoms with Crippen molar-refractivity contribution in [2.75, 3.05) is 14.2 Å². The van der Waals surface area contributed by atoms with Crippen LogP contribution in [-0.2, 0) is 0 Å². The minimum atomic E-state index is 0.00181. The lowest BCUT2D eigenvalue weighted by Crippen LogP contribution is -2.00. The van der Waals surface area contributed by atoms with Gasteiger partial charge in [0.1, 0.15) is 11.5 Å². The Labute approximate surface area is 115 Å². The molecular formula is C13H16BrClO2. The Hall–Kier alpha value is -0.410. The van der Waals surface area contributed by atoms with Gasteiger partial charge in [0, 0.05) is 5.56 Å². The van der Waals surface area contributed by atoms with Crippen LogP contribution < -0.4 is 9.47 Å². The van der Waals surface area contributed by atoms with Crippen LogP contribution in [-0.4, -0.2) is 14.2 Å². The van der Waals surface area contributed by atoms with Crippen LogP contribution in [0.2, 0.25) is 0 Å². The van der Waals surface area contributed by atoms with Crippen molar-refractivity contribution in [1.29, 1.82) is 0 Å². The third kappa shape index (κ3) is 2.55. The first-order chi connectivity index (χ1) is 8.08. The molecule has 0 radical (unpaired) electrons. The van der Waals surface area contributed by atoms with E-state index in [2.05, 4.69) is 22.9 Å². The predicted octanol–water partition coefficient (Wildman–Crippen LogP) is 4.40. The van der Waals surface area contributed by atoms with Crippen molar-refractivity contribution in [2.24, 2.45) is 11.8 Å². The number of hydrogen-bond donors (Lipinski definition) is 0. The highest BCUT2D eigenvalue weighted by Crippen LogP contribution is 2.53. The van der Waals surface area contributed by atoms with Gasteiger partial charge in [-0.1, -0.05) is 6.92 Å². The normalized spacial score (nSPS) is 24.3. The summed E-state index contributed by atoms with van der Waals surface area (Å²) >= 11 is 9.96. The summed E-state index contributed by atoms with van der Waals surface area (Å²) in [4.78, 5) is 0. The maximum absolute atomic E-state index is 6.51. The van der Waals surface area contributed by atoms with Crippen LogP contribution in [0.5, 0.6) is 11.5 Å². The van der Waals surface area contributed by atoms with Crippen LogP contribution >= 0.6 is 27.5 Å². The summed E-state index contributed by atoms with van der Waals surface area (Å²) in [5.74, 6) is 2.87. The summed E-state index contributed by atoms with van der Waals surface area (Å²) in [5.41, 5.74) is 1.02. The fourth-order valence-electron chi connectivity index (χ4n) is 2.09. The molecule has 0 saturated heterocycles. The summed E-state index contributed by atoms with van der Waals surface area (Å²) in [6, 6.07) is 3.88. The van der Waals surface area contributed by atoms with Crippen molar-refractivity contribution in [3.63, 3.8) is 0 Å². The molecule has 0 spiro atoms. The van der Waals surface area contributed by atoms with Crippen molar-refractivity contribution >= 4 is 27.5 Å². The molecule has 1 aliphatic rings. The first-order valence-corrected chi connectivity index (χ1v) is 6.87. The number of benzene rings is 1. The SMILES string of the molecule is COc1cc(C(Cl)C2CC2C)c(OC)cc1Br. The molecule has 1 aromatic carbocycles. The lowest BCUT2D eigenvalue weighted by atomic mass is 10.1. The van der Waals surface area contributed by atoms with Gasteiger partial charge in [-0.3, -0.25) is 0 Å². The van der Waals surface area contributed by atoms with E-state index in [9.17, 15) is 0 Å². The van der Waals surface area contributed by atoms with Crippen LogP contribution in [0.25, 0.3) is 0 Å². The van der Waals surface area contributed by atoms with Crippen molar-refractivity contribution in [1.82, 2.24) is 0 Å². The highest BCUT2D eigenvalue weighted by molar-refractivity contribution is 9.10. The lowest BCUT2D eigenvalue weighted by Gasteiger charge is -2.16. The largest absolute Gasteiger partial charge is 0.496 e. The zero-order chi connectivity index (χ0) is 12.6. The molecule has 3 atom stereocenters. The van der Waals surface area contributed by atoms with Gasteiger partial charge in [-0.05, 0) is 46.3 Å². The van der Waals surface area contributed by atoms with Gasteiger partial charge in [-0.25, -0.2) is 0 Å². The van der Waals surface area contributed by atoms with Gasteiger partial charge in [0.25, 0.3) is 0 Å². The van der Waals surface area contributed by atoms with Crippen molar-refractivity contribution < 1.29 is 9.47 Å². The average Bonchev–Trinajstić information content (AvgIpc) is 3.05. The molecule has 2 nitrogen and oxygen atoms in total. The van der Waals surface area contributed by atoms with Gasteiger partial charge in [-0.2, -0.15) is 0 Å². The van der Waals surface area contributed by atoms with Crippen molar-refractivity contribution in [2.45, 2.75) is 18.7 Å². The third-order valence-electron chi connectivity index (χ3n) is 3.35. The molecule has 0 heterocycles. The minimum absolute atomic E-state index is 0.00181. The Morgan fingerprint density at radius 1 is 1.29 bits per heavy atom. The van der Waals surface area contributed by atoms with E-state index >= 15 is 0 Å². The Morgan fingerprint density at radius 2 is 1.88 bits per heavy atom. The smallest absolute Gasteiger partial charge is 0.133 e. The van der Waals surface area contributed by atoms with E-state index in [4.69, 9.17) is 21.1 Å². The molecule has 1 fully saturated rings. The van der Waals surface area contributed by atoms with E-state index in [1.165, 1.54) is 6.42 Å². The Balaban J connectivity index is 2.36. The molecule has 17 heavy (non-hydrogen) atoms. The molecule has 4 heteroatoms. The van der Waals surface area contributed by atoms with Gasteiger partial charge in [0.15, 0.2) is 0 Å². The number of halogens is 2. The lowest BCUT2D eigenvalue weighted by molar-refractivity contribution is 0.395. The molecule has 1 aliphatic carbocycles. The second-order valence-corrected chi connectivity index (χ2v) is 5.83. The quantitative estimate of drug-likeness (QED) is 0.766. The molecule has 0 bridgehead atoms. The molecule has 2 rings (SSSR count). The summed E-state index contributed by atoms with van der Waals surface area (Å²) in [6.07, 6.45) is 1.19. The minimum Gasteiger partial charge on any atom is -0.496 e. The van der Waals surface area contributed by atoms with Gasteiger partial charge in [-0.15, -0.1) is 11.6 Å². The van der Waals surface area contributed by atoms with Crippen LogP contribution in [0.3, 0.4) is 0 Å². The van der Waals surface area contributed by atoms with Gasteiger partial charge in [0.05, 0.1) is 24.1 Å². The van der Waals surface area contributed by atoms with E-state index in [1.807, 2.05) is 12.1 Å². The first kappa shape index (κ1) is 13.0. The van der Waals surface area contributed by atoms with E-state index in [0.717, 1.165) is 21.5 Å². The number of ether oxygens (including phenoxy) is 2. The fraction of sp³-hybridized carbons (Fsp3) is 0.538. The van der Waals surface area contributed by atoms with E-state index in [1.54, 1.807) is 14.2 Å². The fourth-order valence-corrected chi connectivity index (χ4v) is 3.09. The van der Waals surface area contributed by atoms with Crippen molar-refractivity contribution in [3.05, 3.63) is 22.2 Å². The topological polar surface area (TPSA) is 18.5 Å². The van der Waals surface area contributed by atoms with Gasteiger partial charge < -0.3 is 9.47 Å². The van der Waals surface area contributed by atoms with Gasteiger partial charge >= 0.3 is 0 Å². The molecular weight excluding hydrogens is 303 g/mol. The number of hydrogen-bond acceptors (Lipinski definition) is 2. The Kier molecular flexibility index (Phi) is 3.88. The Bertz CT molecular complexity index is 422. The molecule has 94 valence electrons. The summed E-state index contributed by atoms with van der Waals surface area (Å²) < 4.78 is 11.6. The van der Waals surface area contributed by atoms with Crippen LogP contribution in [0, 0.1) is 11.8 Å². The molecule has 1 saturated carbocycles. The van der Waals surface area contributed by atoms with E-state index < -0.39 is 0 Å². The molecule has 1 aromatic rings. The zero-order valence-corrected chi connectivity index (χ0v) is 12.5. The first-order valence-electron chi connectivity index (χ1n) is 5.64. The standard InChI is InChI=1S/C13H16BrClO2/c1-7-4-8(7)13(15)9-5-12(17-3)10(14)6-11(9)16-2/h5-8,13H,4H2,1-3H3. The monoisotopic (exact) mass is 318 g/mol. The molecule has 0 amide bonds. The molecule has 0 N–H and O–H groups in total. The Morgan fingerprint density at radius 3 is 2.35 bits per heavy atom. The maximum Gasteiger partial charge on any atom is 0.133 e. The zero-order valence-electron chi connectivity index (χ0n) is 10.2.